The number of carboxylic acids is 2. The number of amides is 1. The van der Waals surface area contributed by atoms with E-state index in [1.54, 1.807) is 20.9 Å². The molecule has 9 N–H and O–H groups in total. The highest BCUT2D eigenvalue weighted by Gasteiger charge is 2.13. The molecule has 0 saturated heterocycles. The minimum absolute atomic E-state index is 0. The first kappa shape index (κ1) is 97.5. The van der Waals surface area contributed by atoms with Crippen molar-refractivity contribution in [2.24, 2.45) is 23.7 Å². The summed E-state index contributed by atoms with van der Waals surface area (Å²) < 4.78 is 0. The molecule has 4 aliphatic carbocycles. The Balaban J connectivity index is -0.0000000325. The lowest BCUT2D eigenvalue weighted by Crippen LogP contribution is -2.11. The van der Waals surface area contributed by atoms with E-state index in [0.29, 0.717) is 0 Å². The lowest BCUT2D eigenvalue weighted by molar-refractivity contribution is -0.148. The van der Waals surface area contributed by atoms with E-state index in [2.05, 4.69) is 46.9 Å². The molecule has 15 nitrogen and oxygen atoms in total. The maximum atomic E-state index is 9.70. The third kappa shape index (κ3) is 275. The lowest BCUT2D eigenvalue weighted by Gasteiger charge is -2.18. The standard InChI is InChI=1S/2C5H10.2C4H8.C3H7NO.2C3H4O3.C3H6O.C3H8.2C2H6O.2C2H6.4CH4O.CH4/c2*1-5-3-2-4-5;2*1-4-2-3-4;1-3(5)4-2;2*1-2(4)3(5)6;1-3(2)4;1-3-2;2*1-2-3;6*1-2;/h2*5H,2-4H2,1H3;2*4H,2-3H2,1H3;1-2H3,(H,4,5);2*1H3,(H,5,6);1-2H3;3H2,1-2H3;2*3H,2H2,1H3;2*1-2H3;4*2H,1H3;1H4. The number of hydrogen-bond acceptors (Lipinski definition) is 12. The zero-order valence-corrected chi connectivity index (χ0v) is 43.0. The Kier molecular flexibility index (Phi) is 170. The van der Waals surface area contributed by atoms with E-state index in [1.807, 2.05) is 27.7 Å². The zero-order chi connectivity index (χ0) is 51.7. The Morgan fingerprint density at radius 1 is 0.459 bits per heavy atom. The van der Waals surface area contributed by atoms with Gasteiger partial charge in [-0.3, -0.25) is 14.4 Å². The summed E-state index contributed by atoms with van der Waals surface area (Å²) in [5.41, 5.74) is 0. The van der Waals surface area contributed by atoms with E-state index in [1.165, 1.54) is 91.4 Å². The molecule has 0 aromatic heterocycles. The molecule has 0 bridgehead atoms. The van der Waals surface area contributed by atoms with Crippen LogP contribution in [0.1, 0.15) is 196 Å². The number of aliphatic hydroxyl groups excluding tert-OH is 6. The average molecular weight is 900 g/mol. The summed E-state index contributed by atoms with van der Waals surface area (Å²) in [6.45, 7) is 31.8. The molecule has 4 rings (SSSR count). The van der Waals surface area contributed by atoms with Crippen LogP contribution in [0.4, 0.5) is 0 Å². The Bertz CT molecular complexity index is 674. The number of aliphatic carboxylic acids is 2. The first-order valence-electron chi connectivity index (χ1n) is 21.2. The van der Waals surface area contributed by atoms with Gasteiger partial charge in [-0.05, 0) is 51.4 Å². The Hall–Kier alpha value is -2.82. The molecule has 0 heterocycles. The van der Waals surface area contributed by atoms with Crippen LogP contribution in [0, 0.1) is 23.7 Å². The van der Waals surface area contributed by atoms with Crippen LogP contribution >= 0.6 is 0 Å². The molecular formula is C46H109NO14. The SMILES string of the molecule is C.CC.CC.CC(=O)C(=O)O.CC(=O)C(=O)O.CC(C)=O.CC1CC1.CC1CC1.CC1CCC1.CC1CCC1.CCC.CCO.CCO.CNC(C)=O.CO.CO.CO.CO. The van der Waals surface area contributed by atoms with Crippen molar-refractivity contribution < 1.29 is 69.6 Å². The van der Waals surface area contributed by atoms with Crippen LogP contribution in [-0.2, 0) is 28.8 Å². The van der Waals surface area contributed by atoms with E-state index in [0.717, 1.165) is 66.0 Å². The summed E-state index contributed by atoms with van der Waals surface area (Å²) in [5.74, 6) is 0.0602. The zero-order valence-electron chi connectivity index (χ0n) is 43.0. The normalized spacial score (nSPS) is 11.6. The van der Waals surface area contributed by atoms with Crippen molar-refractivity contribution in [3.8, 4) is 0 Å². The first-order valence-corrected chi connectivity index (χ1v) is 21.2. The van der Waals surface area contributed by atoms with Gasteiger partial charge in [0.2, 0.25) is 17.5 Å². The van der Waals surface area contributed by atoms with Gasteiger partial charge in [0, 0.05) is 69.5 Å². The van der Waals surface area contributed by atoms with Gasteiger partial charge in [0.15, 0.2) is 0 Å². The number of aliphatic hydroxyl groups is 6. The monoisotopic (exact) mass is 900 g/mol. The molecule has 0 aliphatic heterocycles. The summed E-state index contributed by atoms with van der Waals surface area (Å²) >= 11 is 0. The Morgan fingerprint density at radius 2 is 0.541 bits per heavy atom. The minimum atomic E-state index is -1.38. The number of nitrogens with one attached hydrogen (secondary N) is 1. The molecule has 1 amide bonds. The number of carbonyl (C=O) groups is 6. The van der Waals surface area contributed by atoms with E-state index in [-0.39, 0.29) is 32.3 Å². The third-order valence-electron chi connectivity index (χ3n) is 5.47. The molecule has 0 atom stereocenters. The summed E-state index contributed by atoms with van der Waals surface area (Å²) in [6.07, 6.45) is 16.1. The maximum absolute atomic E-state index is 9.70. The summed E-state index contributed by atoms with van der Waals surface area (Å²) in [4.78, 5) is 56.9. The minimum Gasteiger partial charge on any atom is -0.476 e. The van der Waals surface area contributed by atoms with Crippen LogP contribution < -0.4 is 5.32 Å². The highest BCUT2D eigenvalue weighted by Crippen LogP contribution is 2.27. The molecule has 0 aromatic carbocycles. The highest BCUT2D eigenvalue weighted by molar-refractivity contribution is 6.31. The van der Waals surface area contributed by atoms with Gasteiger partial charge in [-0.1, -0.05) is 147 Å². The van der Waals surface area contributed by atoms with Gasteiger partial charge in [-0.2, -0.15) is 0 Å². The molecule has 0 aromatic rings. The van der Waals surface area contributed by atoms with Gasteiger partial charge < -0.3 is 51.0 Å². The van der Waals surface area contributed by atoms with Crippen molar-refractivity contribution in [2.45, 2.75) is 196 Å². The smallest absolute Gasteiger partial charge is 0.371 e. The molecule has 61 heavy (non-hydrogen) atoms. The summed E-state index contributed by atoms with van der Waals surface area (Å²) in [5, 5.41) is 60.8. The van der Waals surface area contributed by atoms with Crippen LogP contribution in [0.15, 0.2) is 0 Å². The molecule has 0 spiro atoms. The molecule has 4 fully saturated rings. The molecule has 382 valence electrons. The van der Waals surface area contributed by atoms with Crippen molar-refractivity contribution in [1.82, 2.24) is 5.32 Å². The lowest BCUT2D eigenvalue weighted by atomic mass is 9.88. The second-order valence-electron chi connectivity index (χ2n) is 12.2. The number of carboxylic acid groups (broad SMARTS) is 2. The molecule has 0 radical (unpaired) electrons. The largest absolute Gasteiger partial charge is 0.476 e. The van der Waals surface area contributed by atoms with Crippen LogP contribution in [0.3, 0.4) is 0 Å². The number of ketones is 3. The number of rotatable bonds is 2. The van der Waals surface area contributed by atoms with Crippen molar-refractivity contribution >= 4 is 35.2 Å². The Labute approximate surface area is 377 Å². The second kappa shape index (κ2) is 106. The maximum Gasteiger partial charge on any atom is 0.371 e. The van der Waals surface area contributed by atoms with Crippen LogP contribution in [0.2, 0.25) is 0 Å². The van der Waals surface area contributed by atoms with Crippen molar-refractivity contribution in [3.05, 3.63) is 0 Å². The average Bonchev–Trinajstić information content (AvgIpc) is 4.16. The predicted molar refractivity (Wildman–Crippen MR) is 259 cm³/mol. The van der Waals surface area contributed by atoms with Gasteiger partial charge in [-0.15, -0.1) is 0 Å². The third-order valence-corrected chi connectivity index (χ3v) is 5.47. The van der Waals surface area contributed by atoms with Crippen LogP contribution in [0.5, 0.6) is 0 Å². The van der Waals surface area contributed by atoms with E-state index in [4.69, 9.17) is 40.9 Å². The van der Waals surface area contributed by atoms with Crippen molar-refractivity contribution in [2.75, 3.05) is 48.7 Å². The van der Waals surface area contributed by atoms with Gasteiger partial charge in [0.25, 0.3) is 0 Å². The van der Waals surface area contributed by atoms with E-state index in [9.17, 15) is 28.8 Å². The highest BCUT2D eigenvalue weighted by atomic mass is 16.4. The van der Waals surface area contributed by atoms with E-state index < -0.39 is 23.5 Å². The predicted octanol–water partition coefficient (Wildman–Crippen LogP) is 8.65. The topological polar surface area (TPSA) is 276 Å². The molecule has 4 aliphatic rings. The van der Waals surface area contributed by atoms with Gasteiger partial charge in [0.05, 0.1) is 0 Å². The summed E-state index contributed by atoms with van der Waals surface area (Å²) in [7, 11) is 5.60. The fraction of sp³-hybridized carbons (Fsp3) is 0.870. The number of Topliss-reactive ketones (excluding diaryl/α,β-unsaturated/α-hetero) is 3. The number of hydrogen-bond donors (Lipinski definition) is 9. The van der Waals surface area contributed by atoms with Crippen molar-refractivity contribution in [3.63, 3.8) is 0 Å². The second-order valence-corrected chi connectivity index (χ2v) is 12.2. The van der Waals surface area contributed by atoms with Gasteiger partial charge in [-0.25, -0.2) is 9.59 Å². The fourth-order valence-electron chi connectivity index (χ4n) is 1.56. The molecule has 4 saturated carbocycles. The van der Waals surface area contributed by atoms with E-state index >= 15 is 0 Å². The van der Waals surface area contributed by atoms with Gasteiger partial charge >= 0.3 is 11.9 Å². The summed E-state index contributed by atoms with van der Waals surface area (Å²) in [6, 6.07) is 0. The first-order chi connectivity index (χ1) is 28.1. The number of carbonyl (C=O) groups excluding carboxylic acids is 4. The fourth-order valence-corrected chi connectivity index (χ4v) is 1.56. The quantitative estimate of drug-likeness (QED) is 0.117. The molecular weight excluding hydrogens is 790 g/mol. The van der Waals surface area contributed by atoms with Crippen LogP contribution in [0.25, 0.3) is 0 Å². The van der Waals surface area contributed by atoms with Crippen LogP contribution in [-0.4, -0.2) is 125 Å². The van der Waals surface area contributed by atoms with Gasteiger partial charge in [0.1, 0.15) is 5.78 Å². The Morgan fingerprint density at radius 3 is 0.541 bits per heavy atom. The van der Waals surface area contributed by atoms with Crippen molar-refractivity contribution in [1.29, 1.82) is 0 Å². The molecule has 15 heteroatoms. The molecule has 0 unspecified atom stereocenters.